The highest BCUT2D eigenvalue weighted by atomic mass is 16.5. The van der Waals surface area contributed by atoms with E-state index in [-0.39, 0.29) is 18.4 Å². The van der Waals surface area contributed by atoms with Crippen LogP contribution in [-0.4, -0.2) is 25.5 Å². The Morgan fingerprint density at radius 2 is 1.79 bits per heavy atom. The van der Waals surface area contributed by atoms with Crippen molar-refractivity contribution in [3.8, 4) is 5.75 Å². The van der Waals surface area contributed by atoms with Crippen molar-refractivity contribution in [2.75, 3.05) is 19.0 Å². The number of benzene rings is 2. The number of carbonyl (C=O) groups is 2. The van der Waals surface area contributed by atoms with Gasteiger partial charge < -0.3 is 10.1 Å². The van der Waals surface area contributed by atoms with E-state index in [1.165, 1.54) is 0 Å². The predicted molar refractivity (Wildman–Crippen MR) is 93.0 cm³/mol. The number of hydrogen-bond acceptors (Lipinski definition) is 4. The maximum atomic E-state index is 12.1. The number of ether oxygens (including phenoxy) is 1. The van der Waals surface area contributed by atoms with Crippen molar-refractivity contribution in [1.29, 1.82) is 0 Å². The fourth-order valence-corrected chi connectivity index (χ4v) is 2.27. The maximum absolute atomic E-state index is 12.1. The molecule has 3 N–H and O–H groups in total. The third kappa shape index (κ3) is 4.49. The van der Waals surface area contributed by atoms with Gasteiger partial charge in [0.1, 0.15) is 5.75 Å². The molecule has 24 heavy (non-hydrogen) atoms. The molecule has 0 aromatic heterocycles. The second kappa shape index (κ2) is 8.01. The summed E-state index contributed by atoms with van der Waals surface area (Å²) in [6.45, 7) is 3.82. The summed E-state index contributed by atoms with van der Waals surface area (Å²) in [5.41, 5.74) is 7.97. The molecule has 2 amide bonds. The average molecular weight is 327 g/mol. The van der Waals surface area contributed by atoms with E-state index in [0.29, 0.717) is 17.0 Å². The van der Waals surface area contributed by atoms with Gasteiger partial charge in [-0.25, -0.2) is 0 Å². The number of rotatable bonds is 5. The van der Waals surface area contributed by atoms with Crippen LogP contribution in [0.3, 0.4) is 0 Å². The molecule has 0 heterocycles. The summed E-state index contributed by atoms with van der Waals surface area (Å²) < 4.78 is 5.19. The second-order valence-electron chi connectivity index (χ2n) is 5.37. The Labute approximate surface area is 141 Å². The van der Waals surface area contributed by atoms with Crippen LogP contribution in [0.15, 0.2) is 42.5 Å². The fraction of sp³-hybridized carbons (Fsp3) is 0.222. The molecule has 2 aromatic carbocycles. The van der Waals surface area contributed by atoms with Crippen molar-refractivity contribution >= 4 is 17.5 Å². The summed E-state index contributed by atoms with van der Waals surface area (Å²) in [5, 5.41) is 2.96. The van der Waals surface area contributed by atoms with Crippen molar-refractivity contribution < 1.29 is 14.3 Å². The third-order valence-corrected chi connectivity index (χ3v) is 3.49. The van der Waals surface area contributed by atoms with Gasteiger partial charge in [0.05, 0.1) is 19.3 Å². The highest BCUT2D eigenvalue weighted by Crippen LogP contribution is 2.22. The normalized spacial score (nSPS) is 9.96. The Morgan fingerprint density at radius 3 is 2.50 bits per heavy atom. The van der Waals surface area contributed by atoms with Crippen LogP contribution < -0.4 is 20.9 Å². The van der Waals surface area contributed by atoms with E-state index in [1.54, 1.807) is 25.3 Å². The van der Waals surface area contributed by atoms with E-state index in [4.69, 9.17) is 4.74 Å². The largest absolute Gasteiger partial charge is 0.495 e. The minimum Gasteiger partial charge on any atom is -0.495 e. The van der Waals surface area contributed by atoms with Crippen molar-refractivity contribution in [1.82, 2.24) is 10.9 Å². The van der Waals surface area contributed by atoms with E-state index < -0.39 is 0 Å². The molecule has 0 aliphatic carbocycles. The summed E-state index contributed by atoms with van der Waals surface area (Å²) in [6.07, 6.45) is 0. The molecule has 2 aromatic rings. The van der Waals surface area contributed by atoms with Crippen LogP contribution in [0.1, 0.15) is 21.5 Å². The number of aryl methyl sites for hydroxylation is 2. The number of anilines is 1. The Bertz CT molecular complexity index is 744. The van der Waals surface area contributed by atoms with Crippen LogP contribution in [-0.2, 0) is 4.79 Å². The van der Waals surface area contributed by atoms with Crippen LogP contribution in [0, 0.1) is 13.8 Å². The van der Waals surface area contributed by atoms with Gasteiger partial charge in [-0.15, -0.1) is 0 Å². The first-order chi connectivity index (χ1) is 11.5. The molecular formula is C18H21N3O3. The van der Waals surface area contributed by atoms with Crippen LogP contribution in [0.25, 0.3) is 0 Å². The van der Waals surface area contributed by atoms with E-state index >= 15 is 0 Å². The molecule has 0 atom stereocenters. The average Bonchev–Trinajstić information content (AvgIpc) is 2.58. The molecule has 0 saturated heterocycles. The number of para-hydroxylation sites is 2. The van der Waals surface area contributed by atoms with Crippen molar-refractivity contribution in [3.05, 3.63) is 59.2 Å². The van der Waals surface area contributed by atoms with Crippen molar-refractivity contribution in [2.24, 2.45) is 0 Å². The lowest BCUT2D eigenvalue weighted by Crippen LogP contribution is -2.44. The number of methoxy groups -OCH3 is 1. The second-order valence-corrected chi connectivity index (χ2v) is 5.37. The van der Waals surface area contributed by atoms with Gasteiger partial charge >= 0.3 is 0 Å². The minimum atomic E-state index is -0.362. The molecule has 0 saturated carbocycles. The maximum Gasteiger partial charge on any atom is 0.269 e. The Morgan fingerprint density at radius 1 is 1.04 bits per heavy atom. The van der Waals surface area contributed by atoms with Gasteiger partial charge in [-0.3, -0.25) is 20.4 Å². The molecular weight excluding hydrogens is 306 g/mol. The SMILES string of the molecule is COc1ccccc1NCC(=O)NNC(=O)c1ccc(C)cc1C. The monoisotopic (exact) mass is 327 g/mol. The number of amides is 2. The minimum absolute atomic E-state index is 0.00747. The lowest BCUT2D eigenvalue weighted by atomic mass is 10.1. The first-order valence-electron chi connectivity index (χ1n) is 7.54. The molecule has 0 aliphatic heterocycles. The first kappa shape index (κ1) is 17.3. The van der Waals surface area contributed by atoms with Gasteiger partial charge in [-0.05, 0) is 37.6 Å². The van der Waals surface area contributed by atoms with Gasteiger partial charge in [-0.1, -0.05) is 29.8 Å². The molecule has 0 radical (unpaired) electrons. The summed E-state index contributed by atoms with van der Waals surface area (Å²) in [4.78, 5) is 24.0. The molecule has 6 heteroatoms. The fourth-order valence-electron chi connectivity index (χ4n) is 2.27. The lowest BCUT2D eigenvalue weighted by Gasteiger charge is -2.12. The Balaban J connectivity index is 1.85. The predicted octanol–water partition coefficient (Wildman–Crippen LogP) is 2.19. The van der Waals surface area contributed by atoms with Crippen LogP contribution in [0.4, 0.5) is 5.69 Å². The zero-order chi connectivity index (χ0) is 17.5. The van der Waals surface area contributed by atoms with Gasteiger partial charge in [-0.2, -0.15) is 0 Å². The van der Waals surface area contributed by atoms with E-state index in [0.717, 1.165) is 11.1 Å². The zero-order valence-electron chi connectivity index (χ0n) is 14.0. The van der Waals surface area contributed by atoms with E-state index in [2.05, 4.69) is 16.2 Å². The molecule has 6 nitrogen and oxygen atoms in total. The van der Waals surface area contributed by atoms with E-state index in [9.17, 15) is 9.59 Å². The number of hydrogen-bond donors (Lipinski definition) is 3. The Kier molecular flexibility index (Phi) is 5.78. The first-order valence-corrected chi connectivity index (χ1v) is 7.54. The van der Waals surface area contributed by atoms with Gasteiger partial charge in [0.15, 0.2) is 0 Å². The summed E-state index contributed by atoms with van der Waals surface area (Å²) >= 11 is 0. The van der Waals surface area contributed by atoms with E-state index in [1.807, 2.05) is 38.1 Å². The number of carbonyl (C=O) groups excluding carboxylic acids is 2. The van der Waals surface area contributed by atoms with Crippen molar-refractivity contribution in [2.45, 2.75) is 13.8 Å². The zero-order valence-corrected chi connectivity index (χ0v) is 14.0. The molecule has 0 spiro atoms. The summed E-state index contributed by atoms with van der Waals surface area (Å²) in [7, 11) is 1.56. The molecule has 0 fully saturated rings. The number of hydrazine groups is 1. The molecule has 126 valence electrons. The van der Waals surface area contributed by atoms with Gasteiger partial charge in [0.25, 0.3) is 11.8 Å². The molecule has 0 bridgehead atoms. The topological polar surface area (TPSA) is 79.5 Å². The molecule has 0 aliphatic rings. The van der Waals surface area contributed by atoms with Crippen LogP contribution in [0.5, 0.6) is 5.75 Å². The van der Waals surface area contributed by atoms with Crippen molar-refractivity contribution in [3.63, 3.8) is 0 Å². The van der Waals surface area contributed by atoms with Crippen LogP contribution in [0.2, 0.25) is 0 Å². The standard InChI is InChI=1S/C18H21N3O3/c1-12-8-9-14(13(2)10-12)18(23)21-20-17(22)11-19-15-6-4-5-7-16(15)24-3/h4-10,19H,11H2,1-3H3,(H,20,22)(H,21,23). The number of nitrogens with one attached hydrogen (secondary N) is 3. The van der Waals surface area contributed by atoms with Gasteiger partial charge in [0.2, 0.25) is 0 Å². The quantitative estimate of drug-likeness (QED) is 0.736. The molecule has 0 unspecified atom stereocenters. The highest BCUT2D eigenvalue weighted by molar-refractivity contribution is 5.97. The summed E-state index contributed by atoms with van der Waals surface area (Å²) in [6, 6.07) is 12.8. The molecule has 2 rings (SSSR count). The third-order valence-electron chi connectivity index (χ3n) is 3.49. The smallest absolute Gasteiger partial charge is 0.269 e. The van der Waals surface area contributed by atoms with Gasteiger partial charge in [0, 0.05) is 5.56 Å². The highest BCUT2D eigenvalue weighted by Gasteiger charge is 2.10. The van der Waals surface area contributed by atoms with Crippen LogP contribution >= 0.6 is 0 Å². The lowest BCUT2D eigenvalue weighted by molar-refractivity contribution is -0.120. The summed E-state index contributed by atoms with van der Waals surface area (Å²) in [5.74, 6) is -0.0678. The Hall–Kier alpha value is -3.02.